The van der Waals surface area contributed by atoms with Crippen molar-refractivity contribution in [3.05, 3.63) is 23.8 Å². The van der Waals surface area contributed by atoms with Crippen LogP contribution in [0.25, 0.3) is 0 Å². The average Bonchev–Trinajstić information content (AvgIpc) is 2.85. The lowest BCUT2D eigenvalue weighted by Crippen LogP contribution is -2.45. The molecule has 3 N–H and O–H groups in total. The molecule has 1 fully saturated rings. The van der Waals surface area contributed by atoms with Gasteiger partial charge in [0.05, 0.1) is 6.17 Å². The van der Waals surface area contributed by atoms with Crippen LogP contribution in [-0.4, -0.2) is 37.8 Å². The Kier molecular flexibility index (Phi) is 2.88. The van der Waals surface area contributed by atoms with Crippen molar-refractivity contribution in [3.8, 4) is 5.75 Å². The van der Waals surface area contributed by atoms with Crippen LogP contribution < -0.4 is 20.9 Å². The second-order valence-electron chi connectivity index (χ2n) is 5.85. The molecule has 1 aromatic carbocycles. The first-order chi connectivity index (χ1) is 9.47. The number of nitrogens with zero attached hydrogens (tertiary/aromatic N) is 2. The fourth-order valence-corrected chi connectivity index (χ4v) is 3.76. The number of anilines is 1. The monoisotopic (exact) mass is 276 g/mol. The number of amides is 1. The van der Waals surface area contributed by atoms with E-state index < -0.39 is 6.09 Å². The number of hydrazine groups is 1. The third kappa shape index (κ3) is 1.68. The van der Waals surface area contributed by atoms with E-state index in [1.807, 2.05) is 17.6 Å². The number of hydrogen-bond donors (Lipinski definition) is 2. The molecule has 2 aliphatic rings. The van der Waals surface area contributed by atoms with E-state index in [0.717, 1.165) is 13.0 Å². The van der Waals surface area contributed by atoms with E-state index in [2.05, 4.69) is 30.8 Å². The molecule has 108 valence electrons. The molecule has 2 atom stereocenters. The van der Waals surface area contributed by atoms with E-state index in [-0.39, 0.29) is 5.41 Å². The van der Waals surface area contributed by atoms with Gasteiger partial charge in [-0.25, -0.2) is 10.6 Å². The van der Waals surface area contributed by atoms with Gasteiger partial charge in [-0.15, -0.1) is 0 Å². The van der Waals surface area contributed by atoms with Crippen LogP contribution in [0.4, 0.5) is 10.5 Å². The molecule has 6 nitrogen and oxygen atoms in total. The van der Waals surface area contributed by atoms with Gasteiger partial charge in [-0.3, -0.25) is 10.3 Å². The van der Waals surface area contributed by atoms with E-state index in [0.29, 0.717) is 11.9 Å². The predicted molar refractivity (Wildman–Crippen MR) is 76.6 cm³/mol. The summed E-state index contributed by atoms with van der Waals surface area (Å²) < 4.78 is 5.14. The summed E-state index contributed by atoms with van der Waals surface area (Å²) in [6, 6.07) is 5.76. The fourth-order valence-electron chi connectivity index (χ4n) is 3.76. The number of nitrogens with two attached hydrogens (primary N) is 1. The maximum atomic E-state index is 11.2. The third-order valence-corrected chi connectivity index (χ3v) is 4.63. The molecule has 20 heavy (non-hydrogen) atoms. The number of carbonyl (C=O) groups excluding carboxylic acids is 1. The number of carbonyl (C=O) groups is 1. The number of ether oxygens (including phenoxy) is 1. The molecule has 0 saturated carbocycles. The molecule has 1 aromatic rings. The van der Waals surface area contributed by atoms with Gasteiger partial charge >= 0.3 is 6.09 Å². The Labute approximate surface area is 118 Å². The van der Waals surface area contributed by atoms with Crippen LogP contribution >= 0.6 is 0 Å². The molecule has 3 rings (SSSR count). The molecule has 0 spiro atoms. The maximum Gasteiger partial charge on any atom is 0.426 e. The molecule has 0 bridgehead atoms. The molecular formula is C14H20N4O2. The van der Waals surface area contributed by atoms with Crippen LogP contribution in [0.15, 0.2) is 18.2 Å². The van der Waals surface area contributed by atoms with Crippen LogP contribution in [0.1, 0.15) is 18.9 Å². The predicted octanol–water partition coefficient (Wildman–Crippen LogP) is 1.02. The molecular weight excluding hydrogens is 256 g/mol. The maximum absolute atomic E-state index is 11.2. The lowest BCUT2D eigenvalue weighted by Gasteiger charge is -2.32. The Balaban J connectivity index is 2.00. The van der Waals surface area contributed by atoms with Crippen molar-refractivity contribution in [2.24, 2.45) is 5.84 Å². The van der Waals surface area contributed by atoms with Crippen molar-refractivity contribution in [3.63, 3.8) is 0 Å². The molecule has 2 aliphatic heterocycles. The van der Waals surface area contributed by atoms with Crippen LogP contribution in [0.5, 0.6) is 5.75 Å². The summed E-state index contributed by atoms with van der Waals surface area (Å²) in [5.41, 5.74) is 4.47. The van der Waals surface area contributed by atoms with Gasteiger partial charge in [0.2, 0.25) is 0 Å². The summed E-state index contributed by atoms with van der Waals surface area (Å²) in [5, 5.41) is 0. The normalized spacial score (nSPS) is 28.2. The van der Waals surface area contributed by atoms with E-state index in [1.54, 1.807) is 6.07 Å². The molecule has 6 heteroatoms. The highest BCUT2D eigenvalue weighted by Gasteiger charge is 2.52. The van der Waals surface area contributed by atoms with E-state index in [1.165, 1.54) is 11.3 Å². The summed E-state index contributed by atoms with van der Waals surface area (Å²) in [4.78, 5) is 15.9. The molecule has 0 aromatic heterocycles. The first-order valence-electron chi connectivity index (χ1n) is 6.73. The topological polar surface area (TPSA) is 70.8 Å². The van der Waals surface area contributed by atoms with Gasteiger partial charge in [0, 0.05) is 24.7 Å². The van der Waals surface area contributed by atoms with Gasteiger partial charge in [-0.1, -0.05) is 6.92 Å². The van der Waals surface area contributed by atoms with Gasteiger partial charge in [0.25, 0.3) is 0 Å². The summed E-state index contributed by atoms with van der Waals surface area (Å²) in [7, 11) is 4.27. The average molecular weight is 276 g/mol. The second kappa shape index (κ2) is 4.36. The minimum atomic E-state index is -0.651. The molecule has 2 unspecified atom stereocenters. The zero-order valence-corrected chi connectivity index (χ0v) is 12.0. The van der Waals surface area contributed by atoms with Crippen molar-refractivity contribution >= 4 is 11.8 Å². The highest BCUT2D eigenvalue weighted by molar-refractivity contribution is 5.71. The van der Waals surface area contributed by atoms with E-state index in [9.17, 15) is 4.79 Å². The van der Waals surface area contributed by atoms with E-state index >= 15 is 0 Å². The molecule has 0 radical (unpaired) electrons. The minimum absolute atomic E-state index is 0.0669. The molecule has 1 amide bonds. The van der Waals surface area contributed by atoms with Crippen molar-refractivity contribution in [2.75, 3.05) is 25.5 Å². The Morgan fingerprint density at radius 2 is 2.25 bits per heavy atom. The van der Waals surface area contributed by atoms with Crippen LogP contribution in [0, 0.1) is 0 Å². The SMILES string of the molecule is CN1CCC2(C)c3cc(OC(=O)NN)ccc3N(C)C12. The lowest BCUT2D eigenvalue weighted by atomic mass is 9.81. The van der Waals surface area contributed by atoms with Gasteiger partial charge in [0.1, 0.15) is 5.75 Å². The zero-order chi connectivity index (χ0) is 14.5. The first-order valence-corrected chi connectivity index (χ1v) is 6.73. The van der Waals surface area contributed by atoms with Gasteiger partial charge < -0.3 is 9.64 Å². The van der Waals surface area contributed by atoms with Gasteiger partial charge in [-0.05, 0) is 37.2 Å². The van der Waals surface area contributed by atoms with Crippen molar-refractivity contribution < 1.29 is 9.53 Å². The van der Waals surface area contributed by atoms with Crippen LogP contribution in [0.3, 0.4) is 0 Å². The standard InChI is InChI=1S/C14H20N4O2/c1-14-6-7-17(2)12(14)18(3)11-5-4-9(8-10(11)14)20-13(19)16-15/h4-5,8,12H,6-7,15H2,1-3H3,(H,16,19). The molecule has 0 aliphatic carbocycles. The first kappa shape index (κ1) is 13.2. The van der Waals surface area contributed by atoms with Crippen LogP contribution in [0.2, 0.25) is 0 Å². The summed E-state index contributed by atoms with van der Waals surface area (Å²) in [5.74, 6) is 5.57. The number of rotatable bonds is 1. The third-order valence-electron chi connectivity index (χ3n) is 4.63. The fraction of sp³-hybridized carbons (Fsp3) is 0.500. The Bertz CT molecular complexity index is 562. The highest BCUT2D eigenvalue weighted by atomic mass is 16.6. The quantitative estimate of drug-likeness (QED) is 0.455. The number of benzene rings is 1. The highest BCUT2D eigenvalue weighted by Crippen LogP contribution is 2.51. The van der Waals surface area contributed by atoms with Gasteiger partial charge in [-0.2, -0.15) is 0 Å². The molecule has 2 heterocycles. The smallest absolute Gasteiger partial charge is 0.409 e. The van der Waals surface area contributed by atoms with Crippen molar-refractivity contribution in [1.82, 2.24) is 10.3 Å². The second-order valence-corrected chi connectivity index (χ2v) is 5.85. The number of fused-ring (bicyclic) bond motifs is 3. The Hall–Kier alpha value is -1.79. The largest absolute Gasteiger partial charge is 0.426 e. The summed E-state index contributed by atoms with van der Waals surface area (Å²) >= 11 is 0. The van der Waals surface area contributed by atoms with Crippen molar-refractivity contribution in [2.45, 2.75) is 24.9 Å². The Morgan fingerprint density at radius 1 is 1.50 bits per heavy atom. The number of likely N-dealkylation sites (tertiary alicyclic amines) is 1. The van der Waals surface area contributed by atoms with Gasteiger partial charge in [0.15, 0.2) is 0 Å². The van der Waals surface area contributed by atoms with E-state index in [4.69, 9.17) is 10.6 Å². The summed E-state index contributed by atoms with van der Waals surface area (Å²) in [6.07, 6.45) is 0.801. The Morgan fingerprint density at radius 3 is 2.95 bits per heavy atom. The molecule has 1 saturated heterocycles. The lowest BCUT2D eigenvalue weighted by molar-refractivity contribution is 0.200. The summed E-state index contributed by atoms with van der Waals surface area (Å²) in [6.45, 7) is 3.34. The zero-order valence-electron chi connectivity index (χ0n) is 12.0. The number of nitrogens with one attached hydrogen (secondary N) is 1. The minimum Gasteiger partial charge on any atom is -0.409 e. The number of likely N-dealkylation sites (N-methyl/N-ethyl adjacent to an activating group) is 2. The van der Waals surface area contributed by atoms with Crippen molar-refractivity contribution in [1.29, 1.82) is 0 Å². The number of hydrogen-bond acceptors (Lipinski definition) is 5. The van der Waals surface area contributed by atoms with Crippen LogP contribution in [-0.2, 0) is 5.41 Å².